The first kappa shape index (κ1) is 18.4. The highest BCUT2D eigenvalue weighted by Crippen LogP contribution is 2.21. The second-order valence-corrected chi connectivity index (χ2v) is 7.65. The average Bonchev–Trinajstić information content (AvgIpc) is 2.69. The van der Waals surface area contributed by atoms with E-state index in [0.717, 1.165) is 45.7 Å². The standard InChI is InChI=1S/C22H28FN3O/c23-21-7-3-4-8-22(21)26-13-11-24(12-14-26)16-20(27)17-25-10-9-18-5-1-2-6-19(18)15-25/h1-8,20,27H,9-17H2. The molecule has 1 N–H and O–H groups in total. The highest BCUT2D eigenvalue weighted by molar-refractivity contribution is 5.48. The average molecular weight is 369 g/mol. The van der Waals surface area contributed by atoms with Crippen LogP contribution in [0.5, 0.6) is 0 Å². The summed E-state index contributed by atoms with van der Waals surface area (Å²) in [6, 6.07) is 15.6. The fourth-order valence-corrected chi connectivity index (χ4v) is 4.24. The van der Waals surface area contributed by atoms with E-state index < -0.39 is 0 Å². The molecular formula is C22H28FN3O. The minimum atomic E-state index is -0.352. The molecule has 1 unspecified atom stereocenters. The Morgan fingerprint density at radius 1 is 0.815 bits per heavy atom. The number of benzene rings is 2. The molecule has 2 aromatic carbocycles. The number of halogens is 1. The van der Waals surface area contributed by atoms with Crippen LogP contribution in [0.1, 0.15) is 11.1 Å². The molecule has 0 spiro atoms. The van der Waals surface area contributed by atoms with Crippen molar-refractivity contribution in [3.8, 4) is 0 Å². The van der Waals surface area contributed by atoms with Gasteiger partial charge in [0.1, 0.15) is 5.82 Å². The Morgan fingerprint density at radius 2 is 1.48 bits per heavy atom. The van der Waals surface area contributed by atoms with Crippen LogP contribution in [0.3, 0.4) is 0 Å². The summed E-state index contributed by atoms with van der Waals surface area (Å²) in [5.74, 6) is -0.156. The van der Waals surface area contributed by atoms with Gasteiger partial charge in [-0.1, -0.05) is 36.4 Å². The van der Waals surface area contributed by atoms with Crippen LogP contribution in [0.25, 0.3) is 0 Å². The number of piperazine rings is 1. The third kappa shape index (κ3) is 4.49. The van der Waals surface area contributed by atoms with Crippen molar-refractivity contribution in [3.63, 3.8) is 0 Å². The minimum absolute atomic E-state index is 0.156. The van der Waals surface area contributed by atoms with E-state index in [2.05, 4.69) is 39.0 Å². The first-order valence-corrected chi connectivity index (χ1v) is 9.88. The normalized spacial score (nSPS) is 19.7. The molecule has 4 nitrogen and oxygen atoms in total. The lowest BCUT2D eigenvalue weighted by Crippen LogP contribution is -2.50. The van der Waals surface area contributed by atoms with E-state index in [-0.39, 0.29) is 11.9 Å². The van der Waals surface area contributed by atoms with E-state index in [4.69, 9.17) is 0 Å². The number of fused-ring (bicyclic) bond motifs is 1. The third-order valence-corrected chi connectivity index (χ3v) is 5.71. The van der Waals surface area contributed by atoms with E-state index >= 15 is 0 Å². The molecule has 4 rings (SSSR count). The second-order valence-electron chi connectivity index (χ2n) is 7.65. The fourth-order valence-electron chi connectivity index (χ4n) is 4.24. The lowest BCUT2D eigenvalue weighted by molar-refractivity contribution is 0.0672. The Morgan fingerprint density at radius 3 is 2.26 bits per heavy atom. The van der Waals surface area contributed by atoms with Crippen molar-refractivity contribution in [2.45, 2.75) is 19.1 Å². The maximum atomic E-state index is 13.9. The van der Waals surface area contributed by atoms with Gasteiger partial charge in [0.25, 0.3) is 0 Å². The molecule has 0 amide bonds. The molecular weight excluding hydrogens is 341 g/mol. The molecule has 5 heteroatoms. The zero-order chi connectivity index (χ0) is 18.6. The Balaban J connectivity index is 1.24. The smallest absolute Gasteiger partial charge is 0.146 e. The summed E-state index contributed by atoms with van der Waals surface area (Å²) in [4.78, 5) is 6.74. The van der Waals surface area contributed by atoms with Crippen LogP contribution in [-0.2, 0) is 13.0 Å². The molecule has 1 fully saturated rings. The molecule has 0 aromatic heterocycles. The summed E-state index contributed by atoms with van der Waals surface area (Å²) in [6.45, 7) is 6.63. The Kier molecular flexibility index (Phi) is 5.72. The summed E-state index contributed by atoms with van der Waals surface area (Å²) in [5, 5.41) is 10.6. The van der Waals surface area contributed by atoms with E-state index in [9.17, 15) is 9.50 Å². The molecule has 0 aliphatic carbocycles. The lowest BCUT2D eigenvalue weighted by Gasteiger charge is -2.38. The van der Waals surface area contributed by atoms with Crippen LogP contribution in [0.2, 0.25) is 0 Å². The predicted molar refractivity (Wildman–Crippen MR) is 106 cm³/mol. The molecule has 1 atom stereocenters. The van der Waals surface area contributed by atoms with E-state index in [1.807, 2.05) is 12.1 Å². The predicted octanol–water partition coefficient (Wildman–Crippen LogP) is 2.37. The lowest BCUT2D eigenvalue weighted by atomic mass is 10.00. The summed E-state index contributed by atoms with van der Waals surface area (Å²) in [5.41, 5.74) is 3.51. The summed E-state index contributed by atoms with van der Waals surface area (Å²) >= 11 is 0. The van der Waals surface area contributed by atoms with Crippen LogP contribution in [0.15, 0.2) is 48.5 Å². The number of anilines is 1. The van der Waals surface area contributed by atoms with Gasteiger partial charge in [0.2, 0.25) is 0 Å². The van der Waals surface area contributed by atoms with Gasteiger partial charge >= 0.3 is 0 Å². The molecule has 0 radical (unpaired) electrons. The van der Waals surface area contributed by atoms with Crippen LogP contribution < -0.4 is 4.90 Å². The molecule has 0 bridgehead atoms. The number of hydrogen-bond donors (Lipinski definition) is 1. The Bertz CT molecular complexity index is 761. The fraction of sp³-hybridized carbons (Fsp3) is 0.455. The molecule has 2 aliphatic heterocycles. The summed E-state index contributed by atoms with van der Waals surface area (Å²) in [6.07, 6.45) is 0.708. The maximum Gasteiger partial charge on any atom is 0.146 e. The first-order chi connectivity index (χ1) is 13.2. The molecule has 2 aromatic rings. The molecule has 27 heavy (non-hydrogen) atoms. The van der Waals surface area contributed by atoms with Gasteiger partial charge in [-0.05, 0) is 29.7 Å². The highest BCUT2D eigenvalue weighted by atomic mass is 19.1. The highest BCUT2D eigenvalue weighted by Gasteiger charge is 2.23. The number of β-amino-alcohol motifs (C(OH)–C–C–N with tert-alkyl or cyclic N) is 1. The number of hydrogen-bond acceptors (Lipinski definition) is 4. The van der Waals surface area contributed by atoms with Crippen LogP contribution in [0.4, 0.5) is 10.1 Å². The quantitative estimate of drug-likeness (QED) is 0.876. The van der Waals surface area contributed by atoms with Crippen molar-refractivity contribution in [2.24, 2.45) is 0 Å². The largest absolute Gasteiger partial charge is 0.390 e. The van der Waals surface area contributed by atoms with Gasteiger partial charge < -0.3 is 10.0 Å². The van der Waals surface area contributed by atoms with Crippen LogP contribution >= 0.6 is 0 Å². The van der Waals surface area contributed by atoms with Crippen molar-refractivity contribution < 1.29 is 9.50 Å². The minimum Gasteiger partial charge on any atom is -0.390 e. The van der Waals surface area contributed by atoms with E-state index in [0.29, 0.717) is 18.8 Å². The zero-order valence-corrected chi connectivity index (χ0v) is 15.7. The molecule has 144 valence electrons. The third-order valence-electron chi connectivity index (χ3n) is 5.71. The van der Waals surface area contributed by atoms with Gasteiger partial charge in [0, 0.05) is 52.4 Å². The number of aliphatic hydroxyl groups is 1. The van der Waals surface area contributed by atoms with Crippen molar-refractivity contribution in [2.75, 3.05) is 50.7 Å². The van der Waals surface area contributed by atoms with Gasteiger partial charge in [-0.3, -0.25) is 9.80 Å². The number of para-hydroxylation sites is 1. The topological polar surface area (TPSA) is 30.0 Å². The van der Waals surface area contributed by atoms with Crippen molar-refractivity contribution in [1.82, 2.24) is 9.80 Å². The molecule has 1 saturated heterocycles. The van der Waals surface area contributed by atoms with Gasteiger partial charge in [-0.2, -0.15) is 0 Å². The summed E-state index contributed by atoms with van der Waals surface area (Å²) < 4.78 is 13.9. The number of aliphatic hydroxyl groups excluding tert-OH is 1. The number of rotatable bonds is 5. The van der Waals surface area contributed by atoms with Crippen LogP contribution in [0, 0.1) is 5.82 Å². The van der Waals surface area contributed by atoms with Gasteiger partial charge in [0.15, 0.2) is 0 Å². The van der Waals surface area contributed by atoms with Crippen molar-refractivity contribution in [1.29, 1.82) is 0 Å². The van der Waals surface area contributed by atoms with Crippen molar-refractivity contribution >= 4 is 5.69 Å². The molecule has 2 heterocycles. The first-order valence-electron chi connectivity index (χ1n) is 9.88. The molecule has 0 saturated carbocycles. The van der Waals surface area contributed by atoms with E-state index in [1.165, 1.54) is 17.2 Å². The van der Waals surface area contributed by atoms with E-state index in [1.54, 1.807) is 6.07 Å². The van der Waals surface area contributed by atoms with Gasteiger partial charge in [-0.15, -0.1) is 0 Å². The van der Waals surface area contributed by atoms with Crippen LogP contribution in [-0.4, -0.2) is 66.8 Å². The zero-order valence-electron chi connectivity index (χ0n) is 15.7. The van der Waals surface area contributed by atoms with Crippen molar-refractivity contribution in [3.05, 3.63) is 65.5 Å². The monoisotopic (exact) mass is 369 g/mol. The Labute approximate surface area is 160 Å². The SMILES string of the molecule is OC(CN1CCN(c2ccccc2F)CC1)CN1CCc2ccccc2C1. The number of nitrogens with zero attached hydrogens (tertiary/aromatic N) is 3. The second kappa shape index (κ2) is 8.38. The molecule has 2 aliphatic rings. The summed E-state index contributed by atoms with van der Waals surface area (Å²) in [7, 11) is 0. The maximum absolute atomic E-state index is 13.9. The van der Waals surface area contributed by atoms with Gasteiger partial charge in [0.05, 0.1) is 11.8 Å². The Hall–Kier alpha value is -1.95. The van der Waals surface area contributed by atoms with Gasteiger partial charge in [-0.25, -0.2) is 4.39 Å².